The molecular formula is C14H14Cl2N8O3. The first-order chi connectivity index (χ1) is 13.0. The van der Waals surface area contributed by atoms with Crippen LogP contribution in [0.25, 0.3) is 11.2 Å². The molecule has 11 nitrogen and oxygen atoms in total. The van der Waals surface area contributed by atoms with Crippen molar-refractivity contribution in [3.8, 4) is 0 Å². The number of carbonyl (C=O) groups excluding carboxylic acids is 1. The Morgan fingerprint density at radius 1 is 1.41 bits per heavy atom. The minimum atomic E-state index is -0.676. The Balaban J connectivity index is 1.69. The van der Waals surface area contributed by atoms with E-state index in [4.69, 9.17) is 32.7 Å². The minimum absolute atomic E-state index is 0.00658. The number of aromatic nitrogens is 8. The summed E-state index contributed by atoms with van der Waals surface area (Å²) in [6.07, 6.45) is 0.0578. The predicted octanol–water partition coefficient (Wildman–Crippen LogP) is 1.73. The third kappa shape index (κ3) is 3.33. The Hall–Kier alpha value is -2.37. The molecule has 13 heteroatoms. The Morgan fingerprint density at radius 3 is 2.93 bits per heavy atom. The molecule has 3 aromatic rings. The van der Waals surface area contributed by atoms with Gasteiger partial charge in [-0.25, -0.2) is 9.97 Å². The molecule has 142 valence electrons. The van der Waals surface area contributed by atoms with E-state index in [-0.39, 0.29) is 10.4 Å². The number of halogens is 2. The van der Waals surface area contributed by atoms with E-state index < -0.39 is 24.4 Å². The van der Waals surface area contributed by atoms with Crippen molar-refractivity contribution in [3.63, 3.8) is 0 Å². The Labute approximate surface area is 162 Å². The molecule has 2 unspecified atom stereocenters. The molecule has 0 N–H and O–H groups in total. The van der Waals surface area contributed by atoms with Crippen LogP contribution in [0.3, 0.4) is 0 Å². The molecule has 0 aromatic carbocycles. The van der Waals surface area contributed by atoms with E-state index in [1.165, 1.54) is 18.0 Å². The molecule has 0 spiro atoms. The number of nitrogens with zero attached hydrogens (tertiary/aromatic N) is 8. The normalized spacial score (nSPS) is 22.4. The lowest BCUT2D eigenvalue weighted by atomic mass is 10.1. The van der Waals surface area contributed by atoms with Crippen molar-refractivity contribution in [1.29, 1.82) is 0 Å². The highest BCUT2D eigenvalue weighted by atomic mass is 35.5. The summed E-state index contributed by atoms with van der Waals surface area (Å²) in [5, 5.41) is 12.3. The maximum atomic E-state index is 11.5. The van der Waals surface area contributed by atoms with Crippen LogP contribution in [0.2, 0.25) is 10.4 Å². The summed E-state index contributed by atoms with van der Waals surface area (Å²) in [5.41, 5.74) is 0.810. The number of fused-ring (bicyclic) bond motifs is 1. The minimum Gasteiger partial charge on any atom is -0.459 e. The Bertz CT molecular complexity index is 1010. The molecule has 0 amide bonds. The van der Waals surface area contributed by atoms with Crippen molar-refractivity contribution in [3.05, 3.63) is 22.6 Å². The van der Waals surface area contributed by atoms with Gasteiger partial charge in [-0.05, 0) is 23.7 Å². The first-order valence-electron chi connectivity index (χ1n) is 8.12. The fraction of sp³-hybridized carbons (Fsp3) is 0.500. The van der Waals surface area contributed by atoms with Gasteiger partial charge in [0.05, 0.1) is 12.9 Å². The number of hydrogen-bond acceptors (Lipinski definition) is 9. The summed E-state index contributed by atoms with van der Waals surface area (Å²) < 4.78 is 13.1. The Morgan fingerprint density at radius 2 is 2.22 bits per heavy atom. The second-order valence-electron chi connectivity index (χ2n) is 5.84. The maximum absolute atomic E-state index is 11.5. The number of esters is 1. The van der Waals surface area contributed by atoms with Crippen molar-refractivity contribution < 1.29 is 14.3 Å². The third-order valence-electron chi connectivity index (χ3n) is 4.06. The second kappa shape index (κ2) is 6.98. The fourth-order valence-corrected chi connectivity index (χ4v) is 3.36. The molecular weight excluding hydrogens is 399 g/mol. The van der Waals surface area contributed by atoms with Gasteiger partial charge in [0.25, 0.3) is 0 Å². The van der Waals surface area contributed by atoms with E-state index in [0.717, 1.165) is 0 Å². The number of tetrazole rings is 1. The van der Waals surface area contributed by atoms with E-state index in [0.29, 0.717) is 30.0 Å². The van der Waals surface area contributed by atoms with Crippen molar-refractivity contribution >= 4 is 40.3 Å². The van der Waals surface area contributed by atoms with E-state index in [2.05, 4.69) is 30.4 Å². The molecule has 3 aromatic heterocycles. The van der Waals surface area contributed by atoms with Crippen LogP contribution in [-0.4, -0.2) is 51.8 Å². The molecule has 4 rings (SSSR count). The van der Waals surface area contributed by atoms with Gasteiger partial charge in [0.15, 0.2) is 16.9 Å². The van der Waals surface area contributed by atoms with Gasteiger partial charge in [0.2, 0.25) is 11.1 Å². The number of imidazole rings is 1. The number of ether oxygens (including phenoxy) is 2. The van der Waals surface area contributed by atoms with Gasteiger partial charge in [-0.15, -0.1) is 10.2 Å². The van der Waals surface area contributed by atoms with E-state index >= 15 is 0 Å². The Kier molecular flexibility index (Phi) is 4.66. The quantitative estimate of drug-likeness (QED) is 0.357. The smallest absolute Gasteiger partial charge is 0.303 e. The zero-order valence-corrected chi connectivity index (χ0v) is 15.8. The van der Waals surface area contributed by atoms with Crippen LogP contribution in [-0.2, 0) is 20.8 Å². The van der Waals surface area contributed by atoms with E-state index in [9.17, 15) is 4.79 Å². The van der Waals surface area contributed by atoms with Gasteiger partial charge in [0.1, 0.15) is 17.8 Å². The van der Waals surface area contributed by atoms with Gasteiger partial charge >= 0.3 is 5.97 Å². The molecule has 27 heavy (non-hydrogen) atoms. The van der Waals surface area contributed by atoms with Gasteiger partial charge in [-0.3, -0.25) is 9.36 Å². The van der Waals surface area contributed by atoms with Crippen molar-refractivity contribution in [2.45, 2.75) is 45.2 Å². The highest BCUT2D eigenvalue weighted by molar-refractivity contribution is 6.35. The van der Waals surface area contributed by atoms with Gasteiger partial charge < -0.3 is 9.47 Å². The van der Waals surface area contributed by atoms with Crippen molar-refractivity contribution in [1.82, 2.24) is 39.7 Å². The first kappa shape index (κ1) is 18.0. The molecule has 0 radical (unpaired) electrons. The average molecular weight is 413 g/mol. The lowest BCUT2D eigenvalue weighted by molar-refractivity contribution is -0.149. The zero-order chi connectivity index (χ0) is 19.1. The number of hydrogen-bond donors (Lipinski definition) is 0. The summed E-state index contributed by atoms with van der Waals surface area (Å²) in [6.45, 7) is 3.78. The molecule has 1 fully saturated rings. The highest BCUT2D eigenvalue weighted by Gasteiger charge is 2.42. The maximum Gasteiger partial charge on any atom is 0.303 e. The summed E-state index contributed by atoms with van der Waals surface area (Å²) >= 11 is 12.0. The standard InChI is InChI=1S/C14H14Cl2N8O3/c1-3-24-21-12(20-22-24)10-7(26-6(2)25)4-8(27-10)23-5-17-9-11(15)18-14(16)19-13(9)23/h5,7-8,10H,3-4H2,1-2H3/t7?,8?,10-/m0/s1. The molecule has 3 atom stereocenters. The molecule has 0 saturated carbocycles. The molecule has 0 aliphatic carbocycles. The topological polar surface area (TPSA) is 123 Å². The zero-order valence-electron chi connectivity index (χ0n) is 14.3. The summed E-state index contributed by atoms with van der Waals surface area (Å²) in [5.74, 6) is -0.0956. The first-order valence-corrected chi connectivity index (χ1v) is 8.87. The lowest BCUT2D eigenvalue weighted by Crippen LogP contribution is -2.21. The number of rotatable bonds is 4. The largest absolute Gasteiger partial charge is 0.459 e. The SMILES string of the molecule is CCn1nnc([C@H]2OC(n3cnc4c(Cl)nc(Cl)nc43)CC2OC(C)=O)n1. The summed E-state index contributed by atoms with van der Waals surface area (Å²) in [4.78, 5) is 25.2. The van der Waals surface area contributed by atoms with Crippen molar-refractivity contribution in [2.75, 3.05) is 0 Å². The molecule has 4 heterocycles. The lowest BCUT2D eigenvalue weighted by Gasteiger charge is -2.14. The van der Waals surface area contributed by atoms with Gasteiger partial charge in [0, 0.05) is 13.3 Å². The summed E-state index contributed by atoms with van der Waals surface area (Å²) in [7, 11) is 0. The molecule has 1 saturated heterocycles. The van der Waals surface area contributed by atoms with Crippen LogP contribution in [0.15, 0.2) is 6.33 Å². The second-order valence-corrected chi connectivity index (χ2v) is 6.53. The van der Waals surface area contributed by atoms with Crippen LogP contribution < -0.4 is 0 Å². The van der Waals surface area contributed by atoms with Crippen LogP contribution in [0.4, 0.5) is 0 Å². The average Bonchev–Trinajstić information content (AvgIpc) is 3.31. The van der Waals surface area contributed by atoms with Gasteiger partial charge in [-0.2, -0.15) is 9.78 Å². The van der Waals surface area contributed by atoms with Crippen molar-refractivity contribution in [2.24, 2.45) is 0 Å². The fourth-order valence-electron chi connectivity index (χ4n) is 2.94. The molecule has 0 bridgehead atoms. The third-order valence-corrected chi connectivity index (χ3v) is 4.49. The van der Waals surface area contributed by atoms with E-state index in [1.54, 1.807) is 4.57 Å². The molecule has 1 aliphatic rings. The number of carbonyl (C=O) groups is 1. The highest BCUT2D eigenvalue weighted by Crippen LogP contribution is 2.40. The van der Waals surface area contributed by atoms with Crippen LogP contribution in [0.5, 0.6) is 0 Å². The monoisotopic (exact) mass is 412 g/mol. The van der Waals surface area contributed by atoms with Crippen LogP contribution >= 0.6 is 23.2 Å². The number of aryl methyl sites for hydroxylation is 1. The molecule has 1 aliphatic heterocycles. The predicted molar refractivity (Wildman–Crippen MR) is 91.9 cm³/mol. The summed E-state index contributed by atoms with van der Waals surface area (Å²) in [6, 6.07) is 0. The van der Waals surface area contributed by atoms with Crippen LogP contribution in [0, 0.1) is 0 Å². The van der Waals surface area contributed by atoms with Crippen LogP contribution in [0.1, 0.15) is 38.4 Å². The van der Waals surface area contributed by atoms with Gasteiger partial charge in [-0.1, -0.05) is 11.6 Å². The van der Waals surface area contributed by atoms with E-state index in [1.807, 2.05) is 6.92 Å².